The van der Waals surface area contributed by atoms with E-state index < -0.39 is 0 Å². The molecule has 3 N–H and O–H groups in total. The summed E-state index contributed by atoms with van der Waals surface area (Å²) in [4.78, 5) is 20.9. The number of fused-ring (bicyclic) bond motifs is 3. The molecule has 33 heavy (non-hydrogen) atoms. The highest BCUT2D eigenvalue weighted by atomic mass is 35.5. The summed E-state index contributed by atoms with van der Waals surface area (Å²) in [6.45, 7) is 2.13. The molecule has 1 unspecified atom stereocenters. The van der Waals surface area contributed by atoms with Gasteiger partial charge in [0.1, 0.15) is 12.4 Å². The molecule has 0 spiro atoms. The Hall–Kier alpha value is -3.23. The van der Waals surface area contributed by atoms with Crippen molar-refractivity contribution in [2.24, 2.45) is 0 Å². The second-order valence-corrected chi connectivity index (χ2v) is 8.40. The Morgan fingerprint density at radius 1 is 1.24 bits per heavy atom. The molecule has 172 valence electrons. The van der Waals surface area contributed by atoms with Gasteiger partial charge in [-0.3, -0.25) is 9.78 Å². The van der Waals surface area contributed by atoms with Gasteiger partial charge in [0.2, 0.25) is 0 Å². The highest BCUT2D eigenvalue weighted by Crippen LogP contribution is 2.45. The van der Waals surface area contributed by atoms with E-state index in [0.29, 0.717) is 59.8 Å². The Bertz CT molecular complexity index is 1180. The minimum atomic E-state index is -0.132. The first-order valence-electron chi connectivity index (χ1n) is 11.0. The number of pyridine rings is 1. The predicted molar refractivity (Wildman–Crippen MR) is 126 cm³/mol. The molecular weight excluding hydrogens is 444 g/mol. The molecule has 2 aromatic heterocycles. The van der Waals surface area contributed by atoms with Crippen LogP contribution >= 0.6 is 11.6 Å². The van der Waals surface area contributed by atoms with Crippen LogP contribution in [0.2, 0.25) is 5.02 Å². The van der Waals surface area contributed by atoms with Crippen LogP contribution in [0.3, 0.4) is 0 Å². The topological polar surface area (TPSA) is 97.5 Å². The molecule has 2 aliphatic rings. The summed E-state index contributed by atoms with van der Waals surface area (Å²) in [5, 5.41) is 6.95. The first-order valence-corrected chi connectivity index (χ1v) is 11.3. The lowest BCUT2D eigenvalue weighted by atomic mass is 9.92. The number of para-hydroxylation sites is 1. The number of carbonyl (C=O) groups excluding carboxylic acids is 1. The number of anilines is 2. The first kappa shape index (κ1) is 21.6. The average molecular weight is 469 g/mol. The van der Waals surface area contributed by atoms with Crippen molar-refractivity contribution >= 4 is 28.9 Å². The highest BCUT2D eigenvalue weighted by Gasteiger charge is 2.33. The smallest absolute Gasteiger partial charge is 0.255 e. The van der Waals surface area contributed by atoms with E-state index in [-0.39, 0.29) is 11.8 Å². The first-order chi connectivity index (χ1) is 16.2. The molecule has 0 saturated heterocycles. The Labute approximate surface area is 196 Å². The molecule has 1 atom stereocenters. The molecule has 0 saturated carbocycles. The molecule has 5 rings (SSSR count). The number of rotatable bonds is 3. The van der Waals surface area contributed by atoms with Crippen LogP contribution in [0.1, 0.15) is 34.8 Å². The van der Waals surface area contributed by atoms with Crippen molar-refractivity contribution in [1.29, 1.82) is 0 Å². The SMILES string of the molecule is COc1c(Cl)cccc1Nc1c2[nH]c3c1C(=O)NCC3CCCOCCOc1cnccc1-2. The molecule has 1 aromatic carbocycles. The van der Waals surface area contributed by atoms with E-state index in [4.69, 9.17) is 25.8 Å². The standard InChI is InChI=1S/C24H25ClN4O4/c1-31-23-16(25)5-2-6-17(23)28-22-19-20-14(12-27-24(19)30)4-3-9-32-10-11-33-18-13-26-8-7-15(18)21(22)29-20/h2,5-8,13-14,28-29H,3-4,9-12H2,1H3,(H,27,30). The van der Waals surface area contributed by atoms with Gasteiger partial charge in [0.15, 0.2) is 5.75 Å². The monoisotopic (exact) mass is 468 g/mol. The van der Waals surface area contributed by atoms with Crippen molar-refractivity contribution in [3.8, 4) is 22.8 Å². The highest BCUT2D eigenvalue weighted by molar-refractivity contribution is 6.32. The van der Waals surface area contributed by atoms with E-state index in [2.05, 4.69) is 20.6 Å². The summed E-state index contributed by atoms with van der Waals surface area (Å²) in [6.07, 6.45) is 5.15. The van der Waals surface area contributed by atoms with E-state index >= 15 is 0 Å². The van der Waals surface area contributed by atoms with Gasteiger partial charge in [-0.25, -0.2) is 0 Å². The summed E-state index contributed by atoms with van der Waals surface area (Å²) < 4.78 is 17.2. The molecule has 0 aliphatic carbocycles. The minimum Gasteiger partial charge on any atom is -0.493 e. The Kier molecular flexibility index (Phi) is 6.11. The van der Waals surface area contributed by atoms with Gasteiger partial charge in [0.05, 0.1) is 47.6 Å². The van der Waals surface area contributed by atoms with Crippen LogP contribution < -0.4 is 20.1 Å². The van der Waals surface area contributed by atoms with Gasteiger partial charge in [-0.15, -0.1) is 0 Å². The summed E-state index contributed by atoms with van der Waals surface area (Å²) in [7, 11) is 1.57. The molecular formula is C24H25ClN4O4. The van der Waals surface area contributed by atoms with Crippen molar-refractivity contribution in [2.75, 3.05) is 38.8 Å². The molecule has 1 amide bonds. The van der Waals surface area contributed by atoms with E-state index in [0.717, 1.165) is 29.8 Å². The third-order valence-electron chi connectivity index (χ3n) is 5.98. The molecule has 0 radical (unpaired) electrons. The van der Waals surface area contributed by atoms with E-state index in [1.807, 2.05) is 18.2 Å². The zero-order chi connectivity index (χ0) is 22.8. The molecule has 8 nitrogen and oxygen atoms in total. The number of amides is 1. The maximum Gasteiger partial charge on any atom is 0.255 e. The van der Waals surface area contributed by atoms with Crippen molar-refractivity contribution in [1.82, 2.24) is 15.3 Å². The number of halogens is 1. The second-order valence-electron chi connectivity index (χ2n) is 7.99. The number of aromatic amines is 1. The number of methoxy groups -OCH3 is 1. The fourth-order valence-corrected chi connectivity index (χ4v) is 4.69. The largest absolute Gasteiger partial charge is 0.493 e. The van der Waals surface area contributed by atoms with Crippen LogP contribution in [-0.2, 0) is 4.74 Å². The molecule has 2 bridgehead atoms. The Morgan fingerprint density at radius 3 is 3.03 bits per heavy atom. The van der Waals surface area contributed by atoms with Gasteiger partial charge in [-0.05, 0) is 31.0 Å². The van der Waals surface area contributed by atoms with Crippen molar-refractivity contribution in [2.45, 2.75) is 18.8 Å². The normalized spacial score (nSPS) is 18.0. The molecule has 9 heteroatoms. The fourth-order valence-electron chi connectivity index (χ4n) is 4.44. The maximum absolute atomic E-state index is 13.1. The lowest BCUT2D eigenvalue weighted by molar-refractivity contribution is 0.0919. The third-order valence-corrected chi connectivity index (χ3v) is 6.28. The number of nitrogens with zero attached hydrogens (tertiary/aromatic N) is 1. The Morgan fingerprint density at radius 2 is 2.15 bits per heavy atom. The number of nitrogens with one attached hydrogen (secondary N) is 3. The van der Waals surface area contributed by atoms with Crippen LogP contribution in [0, 0.1) is 0 Å². The zero-order valence-corrected chi connectivity index (χ0v) is 19.0. The van der Waals surface area contributed by atoms with Crippen LogP contribution in [-0.4, -0.2) is 49.4 Å². The van der Waals surface area contributed by atoms with Crippen LogP contribution in [0.15, 0.2) is 36.7 Å². The number of carbonyl (C=O) groups is 1. The second kappa shape index (κ2) is 9.33. The van der Waals surface area contributed by atoms with E-state index in [1.165, 1.54) is 0 Å². The molecule has 4 heterocycles. The average Bonchev–Trinajstić information content (AvgIpc) is 3.20. The lowest BCUT2D eigenvalue weighted by Crippen LogP contribution is -2.35. The number of benzene rings is 1. The van der Waals surface area contributed by atoms with Crippen LogP contribution in [0.5, 0.6) is 11.5 Å². The summed E-state index contributed by atoms with van der Waals surface area (Å²) in [6, 6.07) is 7.34. The van der Waals surface area contributed by atoms with Gasteiger partial charge in [-0.1, -0.05) is 17.7 Å². The number of hydrogen-bond donors (Lipinski definition) is 3. The number of H-pyrrole nitrogens is 1. The maximum atomic E-state index is 13.1. The van der Waals surface area contributed by atoms with Crippen molar-refractivity contribution < 1.29 is 19.0 Å². The van der Waals surface area contributed by atoms with Crippen molar-refractivity contribution in [3.63, 3.8) is 0 Å². The van der Waals surface area contributed by atoms with Crippen LogP contribution in [0.25, 0.3) is 11.3 Å². The fraction of sp³-hybridized carbons (Fsp3) is 0.333. The molecule has 0 fully saturated rings. The van der Waals surface area contributed by atoms with Gasteiger partial charge in [-0.2, -0.15) is 0 Å². The summed E-state index contributed by atoms with van der Waals surface area (Å²) in [5.41, 5.74) is 4.35. The molecule has 3 aromatic rings. The van der Waals surface area contributed by atoms with Gasteiger partial charge in [0.25, 0.3) is 5.91 Å². The third kappa shape index (κ3) is 4.12. The van der Waals surface area contributed by atoms with Gasteiger partial charge < -0.3 is 29.8 Å². The number of ether oxygens (including phenoxy) is 3. The van der Waals surface area contributed by atoms with Crippen molar-refractivity contribution in [3.05, 3.63) is 52.9 Å². The molecule has 2 aliphatic heterocycles. The summed E-state index contributed by atoms with van der Waals surface area (Å²) >= 11 is 6.36. The predicted octanol–water partition coefficient (Wildman–Crippen LogP) is 4.50. The van der Waals surface area contributed by atoms with E-state index in [1.54, 1.807) is 25.6 Å². The Balaban J connectivity index is 1.71. The number of aromatic nitrogens is 2. The summed E-state index contributed by atoms with van der Waals surface area (Å²) in [5.74, 6) is 1.12. The number of hydrogen-bond acceptors (Lipinski definition) is 6. The van der Waals surface area contributed by atoms with Gasteiger partial charge in [0, 0.05) is 36.5 Å². The zero-order valence-electron chi connectivity index (χ0n) is 18.2. The van der Waals surface area contributed by atoms with E-state index in [9.17, 15) is 4.79 Å². The minimum absolute atomic E-state index is 0.132. The van der Waals surface area contributed by atoms with Gasteiger partial charge >= 0.3 is 0 Å². The van der Waals surface area contributed by atoms with Crippen LogP contribution in [0.4, 0.5) is 11.4 Å². The quantitative estimate of drug-likeness (QED) is 0.523. The lowest BCUT2D eigenvalue weighted by Gasteiger charge is -2.24.